The van der Waals surface area contributed by atoms with Crippen molar-refractivity contribution < 1.29 is 17.7 Å². The Morgan fingerprint density at radius 3 is 2.93 bits per heavy atom. The van der Waals surface area contributed by atoms with E-state index in [1.165, 1.54) is 30.0 Å². The molecule has 2 aliphatic heterocycles. The van der Waals surface area contributed by atoms with Gasteiger partial charge in [-0.15, -0.1) is 0 Å². The highest BCUT2D eigenvalue weighted by Crippen LogP contribution is 2.40. The van der Waals surface area contributed by atoms with Crippen LogP contribution in [0.25, 0.3) is 0 Å². The van der Waals surface area contributed by atoms with E-state index in [1.54, 1.807) is 6.20 Å². The van der Waals surface area contributed by atoms with Crippen LogP contribution in [0.3, 0.4) is 0 Å². The van der Waals surface area contributed by atoms with Crippen molar-refractivity contribution in [1.82, 2.24) is 20.0 Å². The van der Waals surface area contributed by atoms with Gasteiger partial charge in [0.1, 0.15) is 0 Å². The fraction of sp³-hybridized carbons (Fsp3) is 0.529. The van der Waals surface area contributed by atoms with Crippen molar-refractivity contribution in [3.63, 3.8) is 0 Å². The number of sulfone groups is 1. The maximum atomic E-state index is 12.7. The van der Waals surface area contributed by atoms with Gasteiger partial charge in [0, 0.05) is 43.4 Å². The van der Waals surface area contributed by atoms with E-state index in [-0.39, 0.29) is 36.4 Å². The number of likely N-dealkylation sites (tertiary alicyclic amines) is 1. The van der Waals surface area contributed by atoms with Crippen LogP contribution in [0.5, 0.6) is 0 Å². The van der Waals surface area contributed by atoms with Crippen molar-refractivity contribution in [2.24, 2.45) is 5.92 Å². The summed E-state index contributed by atoms with van der Waals surface area (Å²) in [5.41, 5.74) is 1.36. The molecule has 5 rings (SSSR count). The van der Waals surface area contributed by atoms with Gasteiger partial charge in [-0.05, 0) is 18.8 Å². The molecule has 3 aliphatic rings. The third-order valence-corrected chi connectivity index (χ3v) is 7.63. The number of carbonyl (C=O) groups is 1. The second-order valence-corrected chi connectivity index (χ2v) is 9.69. The van der Waals surface area contributed by atoms with Gasteiger partial charge in [0.05, 0.1) is 22.9 Å². The lowest BCUT2D eigenvalue weighted by atomic mass is 10.00. The standard InChI is InChI=1S/C17H19N5O4S/c23-16(13-3-4-20-26-13)22-7-12-14(8-22)27(24,25)9-11-6-19-17(21-15(11)12)18-5-10-1-2-10/h3-4,6,10,12,14H,1-2,5,7-9H2,(H,18,19,21)/t12-,14+/m0/s1. The molecule has 1 saturated carbocycles. The maximum absolute atomic E-state index is 12.7. The third kappa shape index (κ3) is 2.97. The quantitative estimate of drug-likeness (QED) is 0.817. The average Bonchev–Trinajstić information content (AvgIpc) is 3.12. The monoisotopic (exact) mass is 389 g/mol. The minimum atomic E-state index is -3.38. The highest BCUT2D eigenvalue weighted by molar-refractivity contribution is 7.91. The molecule has 1 saturated heterocycles. The van der Waals surface area contributed by atoms with E-state index in [0.29, 0.717) is 17.4 Å². The summed E-state index contributed by atoms with van der Waals surface area (Å²) in [6.45, 7) is 1.26. The molecule has 2 atom stereocenters. The molecule has 2 aromatic rings. The SMILES string of the molecule is O=C(c1ccno1)N1C[C@@H]2c3nc(NCC4CC4)ncc3CS(=O)(=O)[C@@H]2C1. The number of hydrogen-bond donors (Lipinski definition) is 1. The van der Waals surface area contributed by atoms with Crippen molar-refractivity contribution in [2.75, 3.05) is 25.0 Å². The largest absolute Gasteiger partial charge is 0.354 e. The molecular weight excluding hydrogens is 370 g/mol. The molecule has 10 heteroatoms. The third-order valence-electron chi connectivity index (χ3n) is 5.51. The van der Waals surface area contributed by atoms with Crippen LogP contribution in [0.1, 0.15) is 40.6 Å². The topological polar surface area (TPSA) is 118 Å². The molecule has 0 spiro atoms. The van der Waals surface area contributed by atoms with E-state index in [1.807, 2.05) is 0 Å². The summed E-state index contributed by atoms with van der Waals surface area (Å²) >= 11 is 0. The molecular formula is C17H19N5O4S. The minimum Gasteiger partial charge on any atom is -0.354 e. The van der Waals surface area contributed by atoms with Crippen LogP contribution in [0.2, 0.25) is 0 Å². The smallest absolute Gasteiger partial charge is 0.292 e. The molecule has 0 aromatic carbocycles. The second-order valence-electron chi connectivity index (χ2n) is 7.47. The van der Waals surface area contributed by atoms with Crippen LogP contribution < -0.4 is 5.32 Å². The van der Waals surface area contributed by atoms with Gasteiger partial charge < -0.3 is 14.7 Å². The fourth-order valence-electron chi connectivity index (χ4n) is 3.87. The van der Waals surface area contributed by atoms with Crippen LogP contribution in [-0.2, 0) is 15.6 Å². The first-order valence-electron chi connectivity index (χ1n) is 9.02. The summed E-state index contributed by atoms with van der Waals surface area (Å²) in [5, 5.41) is 6.14. The number of rotatable bonds is 4. The van der Waals surface area contributed by atoms with Crippen molar-refractivity contribution >= 4 is 21.7 Å². The van der Waals surface area contributed by atoms with Gasteiger partial charge >= 0.3 is 0 Å². The second kappa shape index (κ2) is 6.01. The van der Waals surface area contributed by atoms with Gasteiger partial charge in [0.25, 0.3) is 5.91 Å². The zero-order chi connectivity index (χ0) is 18.6. The van der Waals surface area contributed by atoms with Gasteiger partial charge in [-0.3, -0.25) is 4.79 Å². The summed E-state index contributed by atoms with van der Waals surface area (Å²) in [6.07, 6.45) is 5.44. The molecule has 2 aromatic heterocycles. The van der Waals surface area contributed by atoms with Crippen LogP contribution in [0.15, 0.2) is 23.0 Å². The number of amides is 1. The number of anilines is 1. The van der Waals surface area contributed by atoms with Crippen LogP contribution in [-0.4, -0.2) is 59.2 Å². The summed E-state index contributed by atoms with van der Waals surface area (Å²) < 4.78 is 30.4. The lowest BCUT2D eigenvalue weighted by Crippen LogP contribution is -2.35. The van der Waals surface area contributed by atoms with Gasteiger partial charge in [-0.2, -0.15) is 0 Å². The first-order chi connectivity index (χ1) is 13.0. The molecule has 1 aliphatic carbocycles. The van der Waals surface area contributed by atoms with E-state index in [4.69, 9.17) is 4.52 Å². The molecule has 0 unspecified atom stereocenters. The van der Waals surface area contributed by atoms with Crippen LogP contribution in [0.4, 0.5) is 5.95 Å². The fourth-order valence-corrected chi connectivity index (χ4v) is 5.86. The van der Waals surface area contributed by atoms with E-state index in [9.17, 15) is 13.2 Å². The predicted octanol–water partition coefficient (Wildman–Crippen LogP) is 0.823. The normalized spacial score (nSPS) is 25.7. The van der Waals surface area contributed by atoms with Crippen molar-refractivity contribution in [3.8, 4) is 0 Å². The number of hydrogen-bond acceptors (Lipinski definition) is 8. The summed E-state index contributed by atoms with van der Waals surface area (Å²) in [7, 11) is -3.38. The average molecular weight is 389 g/mol. The molecule has 0 bridgehead atoms. The van der Waals surface area contributed by atoms with E-state index < -0.39 is 15.1 Å². The van der Waals surface area contributed by atoms with Gasteiger partial charge in [-0.25, -0.2) is 18.4 Å². The molecule has 142 valence electrons. The summed E-state index contributed by atoms with van der Waals surface area (Å²) in [5.74, 6) is 0.533. The molecule has 2 fully saturated rings. The highest BCUT2D eigenvalue weighted by atomic mass is 32.2. The zero-order valence-corrected chi connectivity index (χ0v) is 15.4. The molecule has 0 radical (unpaired) electrons. The van der Waals surface area contributed by atoms with E-state index in [2.05, 4.69) is 20.4 Å². The van der Waals surface area contributed by atoms with Crippen molar-refractivity contribution in [1.29, 1.82) is 0 Å². The Hall–Kier alpha value is -2.49. The Bertz CT molecular complexity index is 987. The zero-order valence-electron chi connectivity index (χ0n) is 14.5. The lowest BCUT2D eigenvalue weighted by molar-refractivity contribution is 0.0749. The first-order valence-corrected chi connectivity index (χ1v) is 10.7. The number of aromatic nitrogens is 3. The van der Waals surface area contributed by atoms with Gasteiger partial charge in [0.2, 0.25) is 11.7 Å². The Balaban J connectivity index is 1.44. The first kappa shape index (κ1) is 16.7. The molecule has 27 heavy (non-hydrogen) atoms. The summed E-state index contributed by atoms with van der Waals surface area (Å²) in [6, 6.07) is 1.48. The lowest BCUT2D eigenvalue weighted by Gasteiger charge is -2.26. The summed E-state index contributed by atoms with van der Waals surface area (Å²) in [4.78, 5) is 23.0. The Morgan fingerprint density at radius 2 is 2.19 bits per heavy atom. The van der Waals surface area contributed by atoms with Crippen molar-refractivity contribution in [2.45, 2.75) is 29.8 Å². The van der Waals surface area contributed by atoms with Gasteiger partial charge in [0.15, 0.2) is 9.84 Å². The van der Waals surface area contributed by atoms with Crippen LogP contribution >= 0.6 is 0 Å². The van der Waals surface area contributed by atoms with E-state index in [0.717, 1.165) is 12.2 Å². The maximum Gasteiger partial charge on any atom is 0.292 e. The number of nitrogens with zero attached hydrogens (tertiary/aromatic N) is 4. The molecule has 9 nitrogen and oxygen atoms in total. The van der Waals surface area contributed by atoms with E-state index >= 15 is 0 Å². The molecule has 1 N–H and O–H groups in total. The highest BCUT2D eigenvalue weighted by Gasteiger charge is 2.49. The number of carbonyl (C=O) groups excluding carboxylic acids is 1. The molecule has 1 amide bonds. The van der Waals surface area contributed by atoms with Crippen LogP contribution in [0, 0.1) is 5.92 Å². The number of nitrogens with one attached hydrogen (secondary N) is 1. The Kier molecular flexibility index (Phi) is 3.71. The molecule has 4 heterocycles. The predicted molar refractivity (Wildman–Crippen MR) is 94.8 cm³/mol. The number of fused-ring (bicyclic) bond motifs is 3. The Morgan fingerprint density at radius 1 is 1.33 bits per heavy atom. The Labute approximate surface area is 156 Å². The van der Waals surface area contributed by atoms with Gasteiger partial charge in [-0.1, -0.05) is 5.16 Å². The van der Waals surface area contributed by atoms with Crippen molar-refractivity contribution in [3.05, 3.63) is 35.5 Å². The minimum absolute atomic E-state index is 0.0866.